The van der Waals surface area contributed by atoms with Crippen molar-refractivity contribution < 1.29 is 14.5 Å². The van der Waals surface area contributed by atoms with Crippen LogP contribution in [0.3, 0.4) is 0 Å². The van der Waals surface area contributed by atoms with E-state index in [0.717, 1.165) is 11.1 Å². The molecular formula is C19H22N2O4. The molecule has 0 saturated carbocycles. The predicted octanol–water partition coefficient (Wildman–Crippen LogP) is 4.22. The molecule has 0 bridgehead atoms. The number of nitro groups is 1. The average Bonchev–Trinajstić information content (AvgIpc) is 2.53. The molecule has 2 aromatic carbocycles. The van der Waals surface area contributed by atoms with Crippen molar-refractivity contribution in [1.29, 1.82) is 0 Å². The molecule has 1 amide bonds. The molecule has 6 nitrogen and oxygen atoms in total. The first kappa shape index (κ1) is 18.4. The Balaban J connectivity index is 2.06. The van der Waals surface area contributed by atoms with Crippen LogP contribution in [-0.4, -0.2) is 17.4 Å². The van der Waals surface area contributed by atoms with Gasteiger partial charge in [0.25, 0.3) is 11.6 Å². The number of rotatable bonds is 5. The first-order valence-corrected chi connectivity index (χ1v) is 7.95. The summed E-state index contributed by atoms with van der Waals surface area (Å²) < 4.78 is 5.68. The Kier molecular flexibility index (Phi) is 5.41. The lowest BCUT2D eigenvalue weighted by Gasteiger charge is -2.23. The normalized spacial score (nSPS) is 11.0. The maximum atomic E-state index is 12.1. The van der Waals surface area contributed by atoms with Crippen LogP contribution in [0.25, 0.3) is 0 Å². The van der Waals surface area contributed by atoms with Crippen LogP contribution in [0.15, 0.2) is 42.5 Å². The number of nitro benzene ring substituents is 1. The van der Waals surface area contributed by atoms with Crippen LogP contribution in [0.5, 0.6) is 5.75 Å². The van der Waals surface area contributed by atoms with E-state index in [1.807, 2.05) is 25.1 Å². The van der Waals surface area contributed by atoms with Crippen molar-refractivity contribution >= 4 is 17.3 Å². The van der Waals surface area contributed by atoms with Crippen molar-refractivity contribution in [2.75, 3.05) is 11.9 Å². The Hall–Kier alpha value is -2.89. The van der Waals surface area contributed by atoms with Gasteiger partial charge >= 0.3 is 0 Å². The lowest BCUT2D eigenvalue weighted by Crippen LogP contribution is -2.22. The number of carbonyl (C=O) groups excluding carboxylic acids is 1. The summed E-state index contributed by atoms with van der Waals surface area (Å²) in [7, 11) is 0. The minimum atomic E-state index is -0.506. The first-order chi connectivity index (χ1) is 11.7. The number of benzene rings is 2. The van der Waals surface area contributed by atoms with E-state index in [2.05, 4.69) is 26.1 Å². The molecule has 132 valence electrons. The molecule has 6 heteroatoms. The third-order valence-electron chi connectivity index (χ3n) is 3.64. The van der Waals surface area contributed by atoms with Crippen molar-refractivity contribution in [1.82, 2.24) is 0 Å². The van der Waals surface area contributed by atoms with E-state index in [-0.39, 0.29) is 23.6 Å². The molecule has 25 heavy (non-hydrogen) atoms. The fourth-order valence-electron chi connectivity index (χ4n) is 2.39. The Morgan fingerprint density at radius 2 is 1.92 bits per heavy atom. The monoisotopic (exact) mass is 342 g/mol. The molecule has 0 aliphatic carbocycles. The van der Waals surface area contributed by atoms with Gasteiger partial charge in [-0.3, -0.25) is 14.9 Å². The molecule has 0 saturated heterocycles. The number of non-ortho nitro benzene ring substituents is 1. The largest absolute Gasteiger partial charge is 0.483 e. The number of anilines is 1. The van der Waals surface area contributed by atoms with Gasteiger partial charge in [0, 0.05) is 17.8 Å². The minimum Gasteiger partial charge on any atom is -0.483 e. The van der Waals surface area contributed by atoms with E-state index in [0.29, 0.717) is 11.4 Å². The Bertz CT molecular complexity index is 794. The molecule has 1 N–H and O–H groups in total. The van der Waals surface area contributed by atoms with Gasteiger partial charge in [-0.2, -0.15) is 0 Å². The summed E-state index contributed by atoms with van der Waals surface area (Å²) in [4.78, 5) is 22.4. The van der Waals surface area contributed by atoms with E-state index in [1.54, 1.807) is 6.07 Å². The van der Waals surface area contributed by atoms with Crippen LogP contribution in [0.4, 0.5) is 11.4 Å². The van der Waals surface area contributed by atoms with E-state index in [1.165, 1.54) is 18.2 Å². The lowest BCUT2D eigenvalue weighted by atomic mass is 9.85. The number of hydrogen-bond acceptors (Lipinski definition) is 4. The van der Waals surface area contributed by atoms with Gasteiger partial charge in [0.05, 0.1) is 4.92 Å². The zero-order valence-electron chi connectivity index (χ0n) is 14.8. The van der Waals surface area contributed by atoms with Gasteiger partial charge < -0.3 is 10.1 Å². The van der Waals surface area contributed by atoms with Gasteiger partial charge in [0.15, 0.2) is 6.61 Å². The highest BCUT2D eigenvalue weighted by Crippen LogP contribution is 2.32. The van der Waals surface area contributed by atoms with Gasteiger partial charge in [-0.15, -0.1) is 0 Å². The molecule has 0 unspecified atom stereocenters. The van der Waals surface area contributed by atoms with Crippen molar-refractivity contribution in [3.63, 3.8) is 0 Å². The van der Waals surface area contributed by atoms with E-state index in [4.69, 9.17) is 4.74 Å². The summed E-state index contributed by atoms with van der Waals surface area (Å²) in [6.07, 6.45) is 0. The molecule has 0 aliphatic heterocycles. The fraction of sp³-hybridized carbons (Fsp3) is 0.316. The first-order valence-electron chi connectivity index (χ1n) is 7.95. The number of nitrogens with one attached hydrogen (secondary N) is 1. The Labute approximate surface area is 147 Å². The minimum absolute atomic E-state index is 0.0766. The maximum absolute atomic E-state index is 12.1. The highest BCUT2D eigenvalue weighted by Gasteiger charge is 2.19. The molecule has 0 radical (unpaired) electrons. The highest BCUT2D eigenvalue weighted by molar-refractivity contribution is 5.92. The molecular weight excluding hydrogens is 320 g/mol. The molecule has 2 rings (SSSR count). The van der Waals surface area contributed by atoms with Gasteiger partial charge in [-0.25, -0.2) is 0 Å². The van der Waals surface area contributed by atoms with Crippen LogP contribution in [0.2, 0.25) is 0 Å². The number of nitrogens with zero attached hydrogens (tertiary/aromatic N) is 1. The summed E-state index contributed by atoms with van der Waals surface area (Å²) in [5, 5.41) is 13.4. The van der Waals surface area contributed by atoms with Crippen molar-refractivity contribution in [3.8, 4) is 5.75 Å². The van der Waals surface area contributed by atoms with Gasteiger partial charge in [0.2, 0.25) is 0 Å². The zero-order valence-corrected chi connectivity index (χ0v) is 14.8. The molecule has 0 aromatic heterocycles. The molecule has 0 spiro atoms. The number of hydrogen-bond donors (Lipinski definition) is 1. The summed E-state index contributed by atoms with van der Waals surface area (Å²) in [6.45, 7) is 8.08. The van der Waals surface area contributed by atoms with Crippen molar-refractivity contribution in [2.45, 2.75) is 33.1 Å². The van der Waals surface area contributed by atoms with Crippen LogP contribution < -0.4 is 10.1 Å². The third-order valence-corrected chi connectivity index (χ3v) is 3.64. The second-order valence-electron chi connectivity index (χ2n) is 6.89. The second-order valence-corrected chi connectivity index (χ2v) is 6.89. The predicted molar refractivity (Wildman–Crippen MR) is 97.1 cm³/mol. The van der Waals surface area contributed by atoms with E-state index >= 15 is 0 Å². The number of amides is 1. The second kappa shape index (κ2) is 7.34. The van der Waals surface area contributed by atoms with Gasteiger partial charge in [-0.1, -0.05) is 44.5 Å². The molecule has 2 aromatic rings. The number of aryl methyl sites for hydroxylation is 1. The topological polar surface area (TPSA) is 81.5 Å². The highest BCUT2D eigenvalue weighted by atomic mass is 16.6. The third kappa shape index (κ3) is 5.04. The summed E-state index contributed by atoms with van der Waals surface area (Å²) in [5.74, 6) is 0.285. The summed E-state index contributed by atoms with van der Waals surface area (Å²) in [5.41, 5.74) is 2.32. The molecule has 0 atom stereocenters. The van der Waals surface area contributed by atoms with Gasteiger partial charge in [-0.05, 0) is 30.0 Å². The van der Waals surface area contributed by atoms with Crippen LogP contribution >= 0.6 is 0 Å². The van der Waals surface area contributed by atoms with E-state index in [9.17, 15) is 14.9 Å². The zero-order chi connectivity index (χ0) is 18.6. The smallest absolute Gasteiger partial charge is 0.271 e. The fourth-order valence-corrected chi connectivity index (χ4v) is 2.39. The lowest BCUT2D eigenvalue weighted by molar-refractivity contribution is -0.384. The average molecular weight is 342 g/mol. The van der Waals surface area contributed by atoms with Crippen LogP contribution in [-0.2, 0) is 10.2 Å². The molecule has 0 fully saturated rings. The van der Waals surface area contributed by atoms with Crippen molar-refractivity contribution in [2.24, 2.45) is 0 Å². The van der Waals surface area contributed by atoms with Crippen LogP contribution in [0, 0.1) is 17.0 Å². The Morgan fingerprint density at radius 3 is 2.56 bits per heavy atom. The Morgan fingerprint density at radius 1 is 1.20 bits per heavy atom. The SMILES string of the molecule is Cc1ccc(OCC(=O)Nc2cccc([N+](=O)[O-])c2)c(C(C)(C)C)c1. The van der Waals surface area contributed by atoms with Crippen LogP contribution in [0.1, 0.15) is 31.9 Å². The van der Waals surface area contributed by atoms with Gasteiger partial charge in [0.1, 0.15) is 5.75 Å². The maximum Gasteiger partial charge on any atom is 0.271 e. The summed E-state index contributed by atoms with van der Waals surface area (Å²) >= 11 is 0. The molecule has 0 heterocycles. The number of ether oxygens (including phenoxy) is 1. The molecule has 0 aliphatic rings. The van der Waals surface area contributed by atoms with Crippen molar-refractivity contribution in [3.05, 3.63) is 63.7 Å². The summed E-state index contributed by atoms with van der Waals surface area (Å²) in [6, 6.07) is 11.6. The standard InChI is InChI=1S/C19H22N2O4/c1-13-8-9-17(16(10-13)19(2,3)4)25-12-18(22)20-14-6-5-7-15(11-14)21(23)24/h5-11H,12H2,1-4H3,(H,20,22). The quantitative estimate of drug-likeness (QED) is 0.651. The van der Waals surface area contributed by atoms with E-state index < -0.39 is 4.92 Å². The number of carbonyl (C=O) groups is 1.